The second kappa shape index (κ2) is 7.03. The average Bonchev–Trinajstić information content (AvgIpc) is 2.58. The highest BCUT2D eigenvalue weighted by molar-refractivity contribution is 6.06. The normalized spacial score (nSPS) is 23.8. The zero-order valence-corrected chi connectivity index (χ0v) is 15.6. The van der Waals surface area contributed by atoms with Gasteiger partial charge in [0.25, 0.3) is 11.5 Å². The Balaban J connectivity index is 1.94. The predicted molar refractivity (Wildman–Crippen MR) is 102 cm³/mol. The van der Waals surface area contributed by atoms with Crippen molar-refractivity contribution in [2.24, 2.45) is 24.8 Å². The van der Waals surface area contributed by atoms with Crippen LogP contribution >= 0.6 is 0 Å². The molecule has 1 N–H and O–H groups in total. The number of nitrogens with zero attached hydrogens (tertiary/aromatic N) is 1. The maximum absolute atomic E-state index is 13.0. The first-order valence-electron chi connectivity index (χ1n) is 9.28. The van der Waals surface area contributed by atoms with Gasteiger partial charge in [0.2, 0.25) is 0 Å². The molecule has 1 heterocycles. The maximum atomic E-state index is 13.0. The van der Waals surface area contributed by atoms with Gasteiger partial charge in [0.05, 0.1) is 11.1 Å². The molecule has 1 aliphatic carbocycles. The van der Waals surface area contributed by atoms with E-state index in [9.17, 15) is 9.59 Å². The molecule has 1 aromatic heterocycles. The highest BCUT2D eigenvalue weighted by Gasteiger charge is 2.32. The van der Waals surface area contributed by atoms with Gasteiger partial charge in [-0.25, -0.2) is 0 Å². The summed E-state index contributed by atoms with van der Waals surface area (Å²) in [6.45, 7) is 6.71. The van der Waals surface area contributed by atoms with Gasteiger partial charge in [-0.2, -0.15) is 0 Å². The monoisotopic (exact) mass is 340 g/mol. The molecule has 4 nitrogen and oxygen atoms in total. The van der Waals surface area contributed by atoms with E-state index >= 15 is 0 Å². The van der Waals surface area contributed by atoms with E-state index in [0.717, 1.165) is 23.7 Å². The molecule has 3 rings (SSSR count). The van der Waals surface area contributed by atoms with Gasteiger partial charge in [-0.1, -0.05) is 45.4 Å². The molecule has 3 atom stereocenters. The van der Waals surface area contributed by atoms with E-state index in [2.05, 4.69) is 26.1 Å². The molecule has 0 saturated heterocycles. The van der Waals surface area contributed by atoms with E-state index in [-0.39, 0.29) is 17.5 Å². The van der Waals surface area contributed by atoms with E-state index in [4.69, 9.17) is 0 Å². The molecule has 1 aromatic carbocycles. The molecule has 1 fully saturated rings. The van der Waals surface area contributed by atoms with Crippen LogP contribution in [-0.4, -0.2) is 16.5 Å². The molecule has 0 bridgehead atoms. The molecule has 1 saturated carbocycles. The molecule has 3 unspecified atom stereocenters. The van der Waals surface area contributed by atoms with Crippen molar-refractivity contribution < 1.29 is 4.79 Å². The van der Waals surface area contributed by atoms with Crippen molar-refractivity contribution in [2.45, 2.75) is 46.1 Å². The second-order valence-electron chi connectivity index (χ2n) is 7.88. The quantitative estimate of drug-likeness (QED) is 0.925. The molecular weight excluding hydrogens is 312 g/mol. The summed E-state index contributed by atoms with van der Waals surface area (Å²) in [6, 6.07) is 9.23. The van der Waals surface area contributed by atoms with Crippen molar-refractivity contribution in [3.8, 4) is 0 Å². The molecule has 2 aromatic rings. The highest BCUT2D eigenvalue weighted by atomic mass is 16.2. The Labute approximate surface area is 149 Å². The fraction of sp³-hybridized carbons (Fsp3) is 0.524. The maximum Gasteiger partial charge on any atom is 0.252 e. The molecule has 134 valence electrons. The molecule has 4 heteroatoms. The number of carbonyl (C=O) groups excluding carboxylic acids is 1. The van der Waals surface area contributed by atoms with E-state index in [1.54, 1.807) is 11.6 Å². The lowest BCUT2D eigenvalue weighted by atomic mass is 9.74. The lowest BCUT2D eigenvalue weighted by Gasteiger charge is -2.37. The number of nitrogens with one attached hydrogen (secondary N) is 1. The van der Waals surface area contributed by atoms with Gasteiger partial charge < -0.3 is 9.88 Å². The van der Waals surface area contributed by atoms with Gasteiger partial charge in [0.1, 0.15) is 0 Å². The third-order valence-electron chi connectivity index (χ3n) is 5.74. The SMILES string of the molecule is CC1CCC(C(C)C)C(NC(=O)c2cc(=O)n(C)c3ccccc23)C1. The van der Waals surface area contributed by atoms with Gasteiger partial charge in [-0.05, 0) is 36.7 Å². The number of pyridine rings is 1. The van der Waals surface area contributed by atoms with Crippen molar-refractivity contribution in [1.29, 1.82) is 0 Å². The summed E-state index contributed by atoms with van der Waals surface area (Å²) in [5, 5.41) is 4.07. The van der Waals surface area contributed by atoms with Crippen LogP contribution in [0.1, 0.15) is 50.4 Å². The van der Waals surface area contributed by atoms with Gasteiger partial charge in [-0.15, -0.1) is 0 Å². The van der Waals surface area contributed by atoms with Crippen LogP contribution < -0.4 is 10.9 Å². The Kier molecular flexibility index (Phi) is 4.98. The van der Waals surface area contributed by atoms with Gasteiger partial charge in [-0.3, -0.25) is 9.59 Å². The van der Waals surface area contributed by atoms with Crippen molar-refractivity contribution in [2.75, 3.05) is 0 Å². The molecular formula is C21H28N2O2. The topological polar surface area (TPSA) is 51.1 Å². The molecule has 0 aliphatic heterocycles. The van der Waals surface area contributed by atoms with Gasteiger partial charge in [0, 0.05) is 24.5 Å². The van der Waals surface area contributed by atoms with Crippen molar-refractivity contribution in [1.82, 2.24) is 9.88 Å². The van der Waals surface area contributed by atoms with Crippen LogP contribution in [0.4, 0.5) is 0 Å². The number of aryl methyl sites for hydroxylation is 1. The second-order valence-corrected chi connectivity index (χ2v) is 7.88. The smallest absolute Gasteiger partial charge is 0.252 e. The van der Waals surface area contributed by atoms with E-state index in [1.807, 2.05) is 24.3 Å². The Hall–Kier alpha value is -2.10. The minimum atomic E-state index is -0.152. The molecule has 0 spiro atoms. The van der Waals surface area contributed by atoms with Crippen molar-refractivity contribution in [3.05, 3.63) is 46.2 Å². The molecule has 0 radical (unpaired) electrons. The summed E-state index contributed by atoms with van der Waals surface area (Å²) in [4.78, 5) is 25.3. The first-order chi connectivity index (χ1) is 11.9. The van der Waals surface area contributed by atoms with Crippen LogP contribution in [0.3, 0.4) is 0 Å². The number of para-hydroxylation sites is 1. The lowest BCUT2D eigenvalue weighted by molar-refractivity contribution is 0.0869. The minimum absolute atomic E-state index is 0.126. The number of carbonyl (C=O) groups is 1. The number of benzene rings is 1. The number of amides is 1. The summed E-state index contributed by atoms with van der Waals surface area (Å²) >= 11 is 0. The van der Waals surface area contributed by atoms with Crippen LogP contribution in [0.2, 0.25) is 0 Å². The van der Waals surface area contributed by atoms with Gasteiger partial charge >= 0.3 is 0 Å². The number of aromatic nitrogens is 1. The van der Waals surface area contributed by atoms with Crippen LogP contribution in [0.5, 0.6) is 0 Å². The summed E-state index contributed by atoms with van der Waals surface area (Å²) in [6.07, 6.45) is 3.39. The third-order valence-corrected chi connectivity index (χ3v) is 5.74. The fourth-order valence-electron chi connectivity index (χ4n) is 4.21. The molecule has 1 amide bonds. The Bertz CT molecular complexity index is 837. The molecule has 1 aliphatic rings. The Morgan fingerprint density at radius 3 is 2.68 bits per heavy atom. The van der Waals surface area contributed by atoms with Crippen LogP contribution in [0, 0.1) is 17.8 Å². The standard InChI is InChI=1S/C21H28N2O2/c1-13(2)15-10-9-14(3)11-18(15)22-21(25)17-12-20(24)23(4)19-8-6-5-7-16(17)19/h5-8,12-15,18H,9-11H2,1-4H3,(H,22,25). The number of fused-ring (bicyclic) bond motifs is 1. The zero-order chi connectivity index (χ0) is 18.1. The Morgan fingerprint density at radius 2 is 1.96 bits per heavy atom. The molecule has 25 heavy (non-hydrogen) atoms. The first kappa shape index (κ1) is 17.7. The average molecular weight is 340 g/mol. The summed E-state index contributed by atoms with van der Waals surface area (Å²) < 4.78 is 1.59. The minimum Gasteiger partial charge on any atom is -0.349 e. The number of hydrogen-bond donors (Lipinski definition) is 1. The van der Waals surface area contributed by atoms with E-state index < -0.39 is 0 Å². The van der Waals surface area contributed by atoms with Gasteiger partial charge in [0.15, 0.2) is 0 Å². The largest absolute Gasteiger partial charge is 0.349 e. The highest BCUT2D eigenvalue weighted by Crippen LogP contribution is 2.33. The third kappa shape index (κ3) is 3.48. The first-order valence-corrected chi connectivity index (χ1v) is 9.28. The van der Waals surface area contributed by atoms with Crippen LogP contribution in [0.15, 0.2) is 35.1 Å². The number of rotatable bonds is 3. The zero-order valence-electron chi connectivity index (χ0n) is 15.6. The van der Waals surface area contributed by atoms with Crippen LogP contribution in [0.25, 0.3) is 10.9 Å². The lowest BCUT2D eigenvalue weighted by Crippen LogP contribution is -2.45. The number of hydrogen-bond acceptors (Lipinski definition) is 2. The van der Waals surface area contributed by atoms with E-state index in [0.29, 0.717) is 23.3 Å². The van der Waals surface area contributed by atoms with E-state index in [1.165, 1.54) is 12.5 Å². The summed E-state index contributed by atoms with van der Waals surface area (Å²) in [7, 11) is 1.74. The van der Waals surface area contributed by atoms with Crippen molar-refractivity contribution >= 4 is 16.8 Å². The fourth-order valence-corrected chi connectivity index (χ4v) is 4.21. The Morgan fingerprint density at radius 1 is 1.24 bits per heavy atom. The predicted octanol–water partition coefficient (Wildman–Crippen LogP) is 3.73. The summed E-state index contributed by atoms with van der Waals surface area (Å²) in [5.41, 5.74) is 1.12. The van der Waals surface area contributed by atoms with Crippen LogP contribution in [-0.2, 0) is 7.05 Å². The van der Waals surface area contributed by atoms with Crippen molar-refractivity contribution in [3.63, 3.8) is 0 Å². The summed E-state index contributed by atoms with van der Waals surface area (Å²) in [5.74, 6) is 1.54.